The molecule has 7 rings (SSSR count). The number of fused-ring (bicyclic) bond motifs is 4. The number of carbonyl (C=O) groups is 2. The number of likely N-dealkylation sites (N-methyl/N-ethyl adjacent to an activating group) is 1. The number of urea groups is 1. The van der Waals surface area contributed by atoms with Crippen molar-refractivity contribution in [1.82, 2.24) is 9.80 Å². The number of amides is 3. The van der Waals surface area contributed by atoms with E-state index >= 15 is 0 Å². The summed E-state index contributed by atoms with van der Waals surface area (Å²) in [6.45, 7) is 18.2. The first-order valence-electron chi connectivity index (χ1n) is 18.4. The van der Waals surface area contributed by atoms with E-state index in [0.717, 1.165) is 25.7 Å². The molecule has 5 aliphatic carbocycles. The molecular weight excluding hydrogens is 582 g/mol. The summed E-state index contributed by atoms with van der Waals surface area (Å²) >= 11 is 0. The fourth-order valence-corrected chi connectivity index (χ4v) is 13.6. The van der Waals surface area contributed by atoms with Gasteiger partial charge in [-0.2, -0.15) is 0 Å². The van der Waals surface area contributed by atoms with Gasteiger partial charge in [0.1, 0.15) is 0 Å². The fourth-order valence-electron chi connectivity index (χ4n) is 13.6. The summed E-state index contributed by atoms with van der Waals surface area (Å²) in [4.78, 5) is 28.0. The van der Waals surface area contributed by atoms with Gasteiger partial charge in [-0.15, -0.1) is 0 Å². The van der Waals surface area contributed by atoms with Crippen molar-refractivity contribution >= 4 is 11.9 Å². The van der Waals surface area contributed by atoms with Crippen molar-refractivity contribution in [2.75, 3.05) is 33.3 Å². The number of aliphatic hydroxyl groups is 1. The van der Waals surface area contributed by atoms with Gasteiger partial charge in [-0.25, -0.2) is 4.79 Å². The standard InChI is InChI=1S/C37H61N3O6/c1-21(2)31(42)40-15-16-44-27(19-40)46-26-11-12-36-20-37(36)14-13-34(6)28-22(3)17-23(18-39(8)32(38)43)45-29(28)30(41)35(34,7)25(37)10-9-24(36)33(26,4)5/h21-30,41H,9-20H2,1-8H3,(H2,38,43)/t22-,23?,24+,25?,26?,27+,28?,29?,30+,34?,35-,36?,37?/m1/s1. The van der Waals surface area contributed by atoms with E-state index in [2.05, 4.69) is 34.6 Å². The highest BCUT2D eigenvalue weighted by molar-refractivity contribution is 5.78. The van der Waals surface area contributed by atoms with Gasteiger partial charge in [0, 0.05) is 31.5 Å². The normalized spacial score (nSPS) is 50.5. The first-order chi connectivity index (χ1) is 21.5. The summed E-state index contributed by atoms with van der Waals surface area (Å²) in [7, 11) is 1.73. The van der Waals surface area contributed by atoms with Crippen molar-refractivity contribution in [1.29, 1.82) is 0 Å². The Labute approximate surface area is 276 Å². The third kappa shape index (κ3) is 4.32. The van der Waals surface area contributed by atoms with Gasteiger partial charge in [0.05, 0.1) is 37.6 Å². The maximum atomic E-state index is 12.7. The lowest BCUT2D eigenvalue weighted by Crippen LogP contribution is -2.60. The second-order valence-corrected chi connectivity index (χ2v) is 18.2. The predicted octanol–water partition coefficient (Wildman–Crippen LogP) is 5.04. The maximum absolute atomic E-state index is 12.7. The van der Waals surface area contributed by atoms with Gasteiger partial charge in [0.25, 0.3) is 0 Å². The largest absolute Gasteiger partial charge is 0.390 e. The zero-order valence-corrected chi connectivity index (χ0v) is 29.7. The van der Waals surface area contributed by atoms with E-state index in [1.165, 1.54) is 25.7 Å². The average molecular weight is 644 g/mol. The highest BCUT2D eigenvalue weighted by Crippen LogP contribution is 2.89. The van der Waals surface area contributed by atoms with Crippen molar-refractivity contribution in [3.8, 4) is 0 Å². The Morgan fingerprint density at radius 3 is 2.46 bits per heavy atom. The minimum atomic E-state index is -0.518. The average Bonchev–Trinajstić information content (AvgIpc) is 3.63. The molecule has 0 aromatic heterocycles. The summed E-state index contributed by atoms with van der Waals surface area (Å²) in [6.07, 6.45) is 7.97. The number of ether oxygens (including phenoxy) is 3. The second kappa shape index (κ2) is 10.8. The minimum Gasteiger partial charge on any atom is -0.390 e. The molecule has 2 aliphatic heterocycles. The van der Waals surface area contributed by atoms with Gasteiger partial charge in [-0.3, -0.25) is 4.79 Å². The van der Waals surface area contributed by atoms with Gasteiger partial charge in [0.2, 0.25) is 5.91 Å². The molecule has 0 radical (unpaired) electrons. The topological polar surface area (TPSA) is 115 Å². The van der Waals surface area contributed by atoms with Gasteiger partial charge in [-0.05, 0) is 96.7 Å². The molecule has 9 nitrogen and oxygen atoms in total. The lowest BCUT2D eigenvalue weighted by molar-refractivity contribution is -0.248. The van der Waals surface area contributed by atoms with Crippen LogP contribution in [0.2, 0.25) is 0 Å². The van der Waals surface area contributed by atoms with Crippen LogP contribution in [-0.4, -0.2) is 90.8 Å². The van der Waals surface area contributed by atoms with Crippen LogP contribution in [0, 0.1) is 56.7 Å². The molecule has 9 heteroatoms. The first kappa shape index (κ1) is 33.1. The van der Waals surface area contributed by atoms with Crippen LogP contribution in [-0.2, 0) is 19.0 Å². The molecule has 8 unspecified atom stereocenters. The molecule has 2 heterocycles. The zero-order chi connectivity index (χ0) is 33.2. The zero-order valence-electron chi connectivity index (χ0n) is 29.7. The van der Waals surface area contributed by atoms with E-state index in [0.29, 0.717) is 55.3 Å². The smallest absolute Gasteiger partial charge is 0.314 e. The molecule has 3 N–H and O–H groups in total. The summed E-state index contributed by atoms with van der Waals surface area (Å²) in [5.41, 5.74) is 5.94. The van der Waals surface area contributed by atoms with E-state index < -0.39 is 12.1 Å². The minimum absolute atomic E-state index is 0.00164. The van der Waals surface area contributed by atoms with E-state index in [-0.39, 0.29) is 58.1 Å². The van der Waals surface area contributed by atoms with Crippen LogP contribution in [0.4, 0.5) is 4.79 Å². The molecule has 0 aromatic rings. The molecule has 0 aromatic carbocycles. The Hall–Kier alpha value is -1.42. The van der Waals surface area contributed by atoms with Crippen molar-refractivity contribution < 1.29 is 28.9 Å². The summed E-state index contributed by atoms with van der Waals surface area (Å²) in [5.74, 6) is 1.92. The molecule has 2 spiro atoms. The molecular formula is C37H61N3O6. The number of carbonyl (C=O) groups excluding carboxylic acids is 2. The quantitative estimate of drug-likeness (QED) is 0.434. The van der Waals surface area contributed by atoms with Crippen LogP contribution in [0.3, 0.4) is 0 Å². The Morgan fingerprint density at radius 2 is 1.76 bits per heavy atom. The molecule has 2 saturated heterocycles. The van der Waals surface area contributed by atoms with Gasteiger partial charge >= 0.3 is 6.03 Å². The molecule has 260 valence electrons. The molecule has 5 saturated carbocycles. The highest BCUT2D eigenvalue weighted by Gasteiger charge is 2.84. The Bertz CT molecular complexity index is 1240. The van der Waals surface area contributed by atoms with Crippen LogP contribution < -0.4 is 5.73 Å². The lowest BCUT2D eigenvalue weighted by atomic mass is 9.41. The molecule has 7 aliphatic rings. The fraction of sp³-hybridized carbons (Fsp3) is 0.946. The van der Waals surface area contributed by atoms with Crippen molar-refractivity contribution in [2.45, 2.75) is 131 Å². The van der Waals surface area contributed by atoms with E-state index in [9.17, 15) is 14.7 Å². The van der Waals surface area contributed by atoms with Crippen LogP contribution in [0.5, 0.6) is 0 Å². The third-order valence-electron chi connectivity index (χ3n) is 15.8. The summed E-state index contributed by atoms with van der Waals surface area (Å²) in [6, 6.07) is -0.437. The van der Waals surface area contributed by atoms with Crippen molar-refractivity contribution in [3.63, 3.8) is 0 Å². The monoisotopic (exact) mass is 643 g/mol. The molecule has 0 bridgehead atoms. The number of rotatable bonds is 5. The van der Waals surface area contributed by atoms with Crippen molar-refractivity contribution in [3.05, 3.63) is 0 Å². The van der Waals surface area contributed by atoms with Crippen LogP contribution in [0.15, 0.2) is 0 Å². The third-order valence-corrected chi connectivity index (χ3v) is 15.8. The number of hydrogen-bond acceptors (Lipinski definition) is 6. The number of primary amides is 1. The highest BCUT2D eigenvalue weighted by atomic mass is 16.7. The molecule has 13 atom stereocenters. The van der Waals surface area contributed by atoms with Gasteiger partial charge in [0.15, 0.2) is 6.29 Å². The van der Waals surface area contributed by atoms with Crippen LogP contribution >= 0.6 is 0 Å². The number of hydrogen-bond donors (Lipinski definition) is 2. The maximum Gasteiger partial charge on any atom is 0.314 e. The van der Waals surface area contributed by atoms with E-state index in [1.807, 2.05) is 18.7 Å². The predicted molar refractivity (Wildman–Crippen MR) is 174 cm³/mol. The molecule has 7 fully saturated rings. The molecule has 46 heavy (non-hydrogen) atoms. The van der Waals surface area contributed by atoms with Crippen LogP contribution in [0.1, 0.15) is 99.8 Å². The Morgan fingerprint density at radius 1 is 1.07 bits per heavy atom. The second-order valence-electron chi connectivity index (χ2n) is 18.2. The summed E-state index contributed by atoms with van der Waals surface area (Å²) < 4.78 is 19.7. The Kier molecular flexibility index (Phi) is 7.76. The van der Waals surface area contributed by atoms with Crippen LogP contribution in [0.25, 0.3) is 0 Å². The molecule has 3 amide bonds. The first-order valence-corrected chi connectivity index (χ1v) is 18.4. The van der Waals surface area contributed by atoms with E-state index in [4.69, 9.17) is 19.9 Å². The number of aliphatic hydroxyl groups excluding tert-OH is 1. The van der Waals surface area contributed by atoms with E-state index in [1.54, 1.807) is 11.9 Å². The van der Waals surface area contributed by atoms with Crippen molar-refractivity contribution in [2.24, 2.45) is 62.4 Å². The Balaban J connectivity index is 1.10. The summed E-state index contributed by atoms with van der Waals surface area (Å²) in [5, 5.41) is 12.4. The van der Waals surface area contributed by atoms with Gasteiger partial charge in [-0.1, -0.05) is 48.5 Å². The van der Waals surface area contributed by atoms with Gasteiger partial charge < -0.3 is 34.9 Å². The lowest BCUT2D eigenvalue weighted by Gasteiger charge is -2.64. The number of nitrogens with zero attached hydrogens (tertiary/aromatic N) is 2. The SMILES string of the molecule is CC(C)C(=O)N1CCO[C@@H](OC2CCC34CC35CCC3(C)C6C(OC(CN(C)C(N)=O)C[C@H]6C)[C@H](O)[C@@]3(C)C5CC[C@H]4C2(C)C)C1. The number of morpholine rings is 1. The number of nitrogens with two attached hydrogens (primary N) is 1.